The van der Waals surface area contributed by atoms with Gasteiger partial charge < -0.3 is 19.5 Å². The van der Waals surface area contributed by atoms with Crippen molar-refractivity contribution in [3.05, 3.63) is 72.0 Å². The van der Waals surface area contributed by atoms with Gasteiger partial charge in [0, 0.05) is 38.4 Å². The van der Waals surface area contributed by atoms with E-state index in [2.05, 4.69) is 28.7 Å². The molecule has 2 aromatic carbocycles. The number of amides is 2. The van der Waals surface area contributed by atoms with E-state index in [0.29, 0.717) is 37.6 Å². The summed E-state index contributed by atoms with van der Waals surface area (Å²) in [4.78, 5) is 27.6. The number of benzene rings is 2. The molecule has 0 aliphatic carbocycles. The van der Waals surface area contributed by atoms with Crippen molar-refractivity contribution < 1.29 is 18.8 Å². The Bertz CT molecular complexity index is 1090. The minimum absolute atomic E-state index is 0.00374. The molecule has 1 aliphatic rings. The van der Waals surface area contributed by atoms with E-state index < -0.39 is 6.04 Å². The fourth-order valence-electron chi connectivity index (χ4n) is 4.10. The van der Waals surface area contributed by atoms with Gasteiger partial charge in [-0.05, 0) is 35.7 Å². The molecule has 1 fully saturated rings. The van der Waals surface area contributed by atoms with Crippen LogP contribution in [0.1, 0.15) is 31.6 Å². The summed E-state index contributed by atoms with van der Waals surface area (Å²) >= 11 is 0. The van der Waals surface area contributed by atoms with Gasteiger partial charge >= 0.3 is 0 Å². The average Bonchev–Trinajstić information content (AvgIpc) is 3.26. The SMILES string of the molecule is CC(C)Oc1cc(CCC(=O)N2CCNC(=O)C2Cc2ccccc2-c2ccccc2)on1. The molecule has 1 N–H and O–H groups in total. The van der Waals surface area contributed by atoms with E-state index in [1.165, 1.54) is 0 Å². The number of hydrogen-bond acceptors (Lipinski definition) is 5. The third-order valence-electron chi connectivity index (χ3n) is 5.65. The minimum atomic E-state index is -0.550. The molecule has 3 aromatic rings. The molecule has 1 aliphatic heterocycles. The first-order valence-corrected chi connectivity index (χ1v) is 11.3. The number of nitrogens with one attached hydrogen (secondary N) is 1. The maximum atomic E-state index is 13.1. The van der Waals surface area contributed by atoms with Crippen molar-refractivity contribution in [3.63, 3.8) is 0 Å². The van der Waals surface area contributed by atoms with Gasteiger partial charge in [0.2, 0.25) is 11.8 Å². The van der Waals surface area contributed by atoms with E-state index in [-0.39, 0.29) is 24.3 Å². The Morgan fingerprint density at radius 2 is 1.94 bits per heavy atom. The molecular formula is C26H29N3O4. The van der Waals surface area contributed by atoms with Gasteiger partial charge in [-0.25, -0.2) is 0 Å². The molecule has 0 bridgehead atoms. The highest BCUT2D eigenvalue weighted by Crippen LogP contribution is 2.26. The van der Waals surface area contributed by atoms with Gasteiger partial charge in [-0.15, -0.1) is 0 Å². The molecule has 2 heterocycles. The van der Waals surface area contributed by atoms with Gasteiger partial charge in [-0.2, -0.15) is 0 Å². The Hall–Kier alpha value is -3.61. The van der Waals surface area contributed by atoms with Gasteiger partial charge in [-0.3, -0.25) is 9.59 Å². The zero-order chi connectivity index (χ0) is 23.2. The predicted octanol–water partition coefficient (Wildman–Crippen LogP) is 3.63. The van der Waals surface area contributed by atoms with Crippen LogP contribution in [-0.4, -0.2) is 47.1 Å². The van der Waals surface area contributed by atoms with Crippen LogP contribution in [0.15, 0.2) is 65.2 Å². The maximum Gasteiger partial charge on any atom is 0.254 e. The van der Waals surface area contributed by atoms with Gasteiger partial charge in [-0.1, -0.05) is 54.6 Å². The molecule has 2 amide bonds. The zero-order valence-electron chi connectivity index (χ0n) is 19.0. The van der Waals surface area contributed by atoms with Crippen LogP contribution >= 0.6 is 0 Å². The largest absolute Gasteiger partial charge is 0.473 e. The molecule has 1 saturated heterocycles. The topological polar surface area (TPSA) is 84.7 Å². The Kier molecular flexibility index (Phi) is 7.07. The molecule has 0 spiro atoms. The molecule has 0 saturated carbocycles. The molecule has 1 aromatic heterocycles. The van der Waals surface area contributed by atoms with E-state index >= 15 is 0 Å². The molecule has 7 nitrogen and oxygen atoms in total. The van der Waals surface area contributed by atoms with Crippen molar-refractivity contribution in [1.29, 1.82) is 0 Å². The van der Waals surface area contributed by atoms with E-state index in [4.69, 9.17) is 9.26 Å². The molecule has 0 radical (unpaired) electrons. The zero-order valence-corrected chi connectivity index (χ0v) is 19.0. The van der Waals surface area contributed by atoms with Crippen LogP contribution in [-0.2, 0) is 22.4 Å². The first kappa shape index (κ1) is 22.6. The number of hydrogen-bond donors (Lipinski definition) is 1. The number of aryl methyl sites for hydroxylation is 1. The van der Waals surface area contributed by atoms with Crippen LogP contribution in [0.4, 0.5) is 0 Å². The molecule has 7 heteroatoms. The lowest BCUT2D eigenvalue weighted by molar-refractivity contribution is -0.143. The number of rotatable bonds is 8. The Morgan fingerprint density at radius 3 is 2.73 bits per heavy atom. The summed E-state index contributed by atoms with van der Waals surface area (Å²) in [7, 11) is 0. The van der Waals surface area contributed by atoms with Crippen LogP contribution in [0.3, 0.4) is 0 Å². The highest BCUT2D eigenvalue weighted by molar-refractivity contribution is 5.89. The molecule has 33 heavy (non-hydrogen) atoms. The summed E-state index contributed by atoms with van der Waals surface area (Å²) < 4.78 is 10.8. The van der Waals surface area contributed by atoms with Crippen LogP contribution in [0.25, 0.3) is 11.1 Å². The predicted molar refractivity (Wildman–Crippen MR) is 125 cm³/mol. The number of piperazine rings is 1. The van der Waals surface area contributed by atoms with E-state index in [0.717, 1.165) is 16.7 Å². The van der Waals surface area contributed by atoms with E-state index in [1.807, 2.05) is 50.2 Å². The quantitative estimate of drug-likeness (QED) is 0.570. The Balaban J connectivity index is 1.47. The Labute approximate surface area is 193 Å². The molecule has 4 rings (SSSR count). The monoisotopic (exact) mass is 447 g/mol. The summed E-state index contributed by atoms with van der Waals surface area (Å²) in [5, 5.41) is 6.80. The minimum Gasteiger partial charge on any atom is -0.473 e. The molecule has 172 valence electrons. The second-order valence-electron chi connectivity index (χ2n) is 8.42. The number of nitrogens with zero attached hydrogens (tertiary/aromatic N) is 2. The van der Waals surface area contributed by atoms with Gasteiger partial charge in [0.1, 0.15) is 11.8 Å². The summed E-state index contributed by atoms with van der Waals surface area (Å²) in [5.41, 5.74) is 3.20. The first-order valence-electron chi connectivity index (χ1n) is 11.3. The first-order chi connectivity index (χ1) is 16.0. The van der Waals surface area contributed by atoms with Crippen molar-refractivity contribution in [2.45, 2.75) is 45.3 Å². The molecular weight excluding hydrogens is 418 g/mol. The second kappa shape index (κ2) is 10.3. The van der Waals surface area contributed by atoms with Crippen molar-refractivity contribution in [2.24, 2.45) is 0 Å². The fraction of sp³-hybridized carbons (Fsp3) is 0.346. The van der Waals surface area contributed by atoms with Crippen LogP contribution < -0.4 is 10.1 Å². The van der Waals surface area contributed by atoms with Crippen LogP contribution in [0.5, 0.6) is 5.88 Å². The number of carbonyl (C=O) groups is 2. The van der Waals surface area contributed by atoms with Gasteiger partial charge in [0.05, 0.1) is 6.10 Å². The van der Waals surface area contributed by atoms with Crippen molar-refractivity contribution >= 4 is 11.8 Å². The van der Waals surface area contributed by atoms with Crippen molar-refractivity contribution in [2.75, 3.05) is 13.1 Å². The van der Waals surface area contributed by atoms with Crippen LogP contribution in [0.2, 0.25) is 0 Å². The standard InChI is InChI=1S/C26H29N3O4/c1-18(2)32-24-17-21(33-28-24)12-13-25(30)29-15-14-27-26(31)23(29)16-20-10-6-7-11-22(20)19-8-4-3-5-9-19/h3-11,17-18,23H,12-16H2,1-2H3,(H,27,31). The lowest BCUT2D eigenvalue weighted by Gasteiger charge is -2.35. The lowest BCUT2D eigenvalue weighted by Crippen LogP contribution is -2.58. The normalized spacial score (nSPS) is 16.0. The fourth-order valence-corrected chi connectivity index (χ4v) is 4.10. The van der Waals surface area contributed by atoms with Crippen molar-refractivity contribution in [1.82, 2.24) is 15.4 Å². The van der Waals surface area contributed by atoms with Crippen LogP contribution in [0, 0.1) is 0 Å². The van der Waals surface area contributed by atoms with Gasteiger partial charge in [0.25, 0.3) is 5.88 Å². The summed E-state index contributed by atoms with van der Waals surface area (Å²) in [6.07, 6.45) is 1.09. The molecule has 1 unspecified atom stereocenters. The third kappa shape index (κ3) is 5.61. The number of carbonyl (C=O) groups excluding carboxylic acids is 2. The Morgan fingerprint density at radius 1 is 1.18 bits per heavy atom. The molecule has 1 atom stereocenters. The smallest absolute Gasteiger partial charge is 0.254 e. The second-order valence-corrected chi connectivity index (χ2v) is 8.42. The number of ether oxygens (including phenoxy) is 1. The highest BCUT2D eigenvalue weighted by Gasteiger charge is 2.33. The van der Waals surface area contributed by atoms with Gasteiger partial charge in [0.15, 0.2) is 0 Å². The maximum absolute atomic E-state index is 13.1. The average molecular weight is 448 g/mol. The third-order valence-corrected chi connectivity index (χ3v) is 5.65. The van der Waals surface area contributed by atoms with E-state index in [1.54, 1.807) is 11.0 Å². The highest BCUT2D eigenvalue weighted by atomic mass is 16.5. The van der Waals surface area contributed by atoms with E-state index in [9.17, 15) is 9.59 Å². The number of aromatic nitrogens is 1. The van der Waals surface area contributed by atoms with Crippen molar-refractivity contribution in [3.8, 4) is 17.0 Å². The summed E-state index contributed by atoms with van der Waals surface area (Å²) in [6, 6.07) is 19.3. The lowest BCUT2D eigenvalue weighted by atomic mass is 9.93. The summed E-state index contributed by atoms with van der Waals surface area (Å²) in [5.74, 6) is 0.811. The summed E-state index contributed by atoms with van der Waals surface area (Å²) in [6.45, 7) is 4.77.